The molecule has 0 saturated carbocycles. The van der Waals surface area contributed by atoms with E-state index in [4.69, 9.17) is 9.47 Å². The smallest absolute Gasteiger partial charge is 0.438 e. The molecule has 3 rings (SSSR count). The molecular weight excluding hydrogens is 277 g/mol. The predicted molar refractivity (Wildman–Crippen MR) is 62.7 cm³/mol. The van der Waals surface area contributed by atoms with Crippen molar-refractivity contribution in [3.63, 3.8) is 0 Å². The lowest BCUT2D eigenvalue weighted by molar-refractivity contribution is -0.266. The normalized spacial score (nSPS) is 25.1. The third-order valence-electron chi connectivity index (χ3n) is 3.14. The van der Waals surface area contributed by atoms with Gasteiger partial charge >= 0.3 is 6.18 Å². The van der Waals surface area contributed by atoms with E-state index in [0.29, 0.717) is 30.3 Å². The highest BCUT2D eigenvalue weighted by Gasteiger charge is 2.57. The zero-order chi connectivity index (χ0) is 14.4. The van der Waals surface area contributed by atoms with Crippen molar-refractivity contribution in [3.05, 3.63) is 23.8 Å². The van der Waals surface area contributed by atoms with Gasteiger partial charge in [0.2, 0.25) is 0 Å². The minimum Gasteiger partial charge on any atom is -0.486 e. The van der Waals surface area contributed by atoms with Crippen LogP contribution in [-0.2, 0) is 0 Å². The standard InChI is InChI=1S/C12H11F3N2O3/c13-12(14,15)11(18)6-8(16-17-11)7-1-2-9-10(5-7)20-4-3-19-9/h1-2,5,17-18H,3-4,6H2. The van der Waals surface area contributed by atoms with Crippen molar-refractivity contribution in [1.29, 1.82) is 0 Å². The molecule has 20 heavy (non-hydrogen) atoms. The first-order valence-electron chi connectivity index (χ1n) is 5.92. The Morgan fingerprint density at radius 2 is 1.90 bits per heavy atom. The average molecular weight is 288 g/mol. The van der Waals surface area contributed by atoms with Crippen molar-refractivity contribution in [3.8, 4) is 11.5 Å². The number of ether oxygens (including phenoxy) is 2. The van der Waals surface area contributed by atoms with E-state index in [1.54, 1.807) is 23.6 Å². The molecule has 0 radical (unpaired) electrons. The molecule has 0 aromatic heterocycles. The minimum absolute atomic E-state index is 0.113. The summed E-state index contributed by atoms with van der Waals surface area (Å²) < 4.78 is 48.7. The molecule has 0 spiro atoms. The van der Waals surface area contributed by atoms with Gasteiger partial charge in [0, 0.05) is 5.56 Å². The Bertz CT molecular complexity index is 574. The number of alkyl halides is 3. The highest BCUT2D eigenvalue weighted by molar-refractivity contribution is 6.02. The molecule has 0 aliphatic carbocycles. The first-order chi connectivity index (χ1) is 9.39. The summed E-state index contributed by atoms with van der Waals surface area (Å²) in [6.45, 7) is 0.816. The highest BCUT2D eigenvalue weighted by Crippen LogP contribution is 2.37. The molecule has 0 fully saturated rings. The molecule has 1 unspecified atom stereocenters. The molecule has 0 amide bonds. The Kier molecular flexibility index (Phi) is 2.79. The molecule has 1 atom stereocenters. The molecular formula is C12H11F3N2O3. The zero-order valence-corrected chi connectivity index (χ0v) is 10.2. The van der Waals surface area contributed by atoms with Gasteiger partial charge in [-0.15, -0.1) is 0 Å². The van der Waals surface area contributed by atoms with Gasteiger partial charge in [-0.25, -0.2) is 0 Å². The average Bonchev–Trinajstić information content (AvgIpc) is 2.82. The second-order valence-corrected chi connectivity index (χ2v) is 4.56. The van der Waals surface area contributed by atoms with Crippen molar-refractivity contribution in [2.24, 2.45) is 5.10 Å². The zero-order valence-electron chi connectivity index (χ0n) is 10.2. The predicted octanol–water partition coefficient (Wildman–Crippen LogP) is 1.41. The van der Waals surface area contributed by atoms with Gasteiger partial charge in [0.25, 0.3) is 5.72 Å². The number of hydrogen-bond acceptors (Lipinski definition) is 5. The first-order valence-corrected chi connectivity index (χ1v) is 5.92. The monoisotopic (exact) mass is 288 g/mol. The Hall–Kier alpha value is -1.96. The van der Waals surface area contributed by atoms with E-state index in [0.717, 1.165) is 0 Å². The summed E-state index contributed by atoms with van der Waals surface area (Å²) in [6, 6.07) is 4.74. The fourth-order valence-corrected chi connectivity index (χ4v) is 2.03. The van der Waals surface area contributed by atoms with Gasteiger partial charge in [0.05, 0.1) is 12.1 Å². The molecule has 2 aliphatic rings. The van der Waals surface area contributed by atoms with Crippen LogP contribution in [-0.4, -0.2) is 35.9 Å². The van der Waals surface area contributed by atoms with Crippen molar-refractivity contribution in [2.45, 2.75) is 18.3 Å². The Balaban J connectivity index is 1.85. The number of halogens is 3. The Morgan fingerprint density at radius 3 is 2.55 bits per heavy atom. The van der Waals surface area contributed by atoms with Crippen LogP contribution < -0.4 is 14.9 Å². The van der Waals surface area contributed by atoms with Crippen LogP contribution >= 0.6 is 0 Å². The van der Waals surface area contributed by atoms with Crippen LogP contribution in [0.5, 0.6) is 11.5 Å². The fourth-order valence-electron chi connectivity index (χ4n) is 2.03. The van der Waals surface area contributed by atoms with Gasteiger partial charge in [0.1, 0.15) is 13.2 Å². The number of rotatable bonds is 1. The lowest BCUT2D eigenvalue weighted by Gasteiger charge is -2.24. The quantitative estimate of drug-likeness (QED) is 0.820. The topological polar surface area (TPSA) is 63.1 Å². The maximum absolute atomic E-state index is 12.7. The molecule has 0 bridgehead atoms. The third kappa shape index (κ3) is 2.05. The molecule has 0 saturated heterocycles. The lowest BCUT2D eigenvalue weighted by Crippen LogP contribution is -2.52. The van der Waals surface area contributed by atoms with Gasteiger partial charge in [-0.2, -0.15) is 18.3 Å². The number of nitrogens with one attached hydrogen (secondary N) is 1. The lowest BCUT2D eigenvalue weighted by atomic mass is 10.0. The van der Waals surface area contributed by atoms with Gasteiger partial charge in [0.15, 0.2) is 11.5 Å². The summed E-state index contributed by atoms with van der Waals surface area (Å²) in [4.78, 5) is 0. The Morgan fingerprint density at radius 1 is 1.20 bits per heavy atom. The van der Waals surface area contributed by atoms with E-state index in [2.05, 4.69) is 5.10 Å². The van der Waals surface area contributed by atoms with Gasteiger partial charge in [-0.05, 0) is 18.2 Å². The van der Waals surface area contributed by atoms with E-state index in [1.165, 1.54) is 0 Å². The largest absolute Gasteiger partial charge is 0.486 e. The molecule has 108 valence electrons. The first kappa shape index (κ1) is 13.0. The van der Waals surface area contributed by atoms with Gasteiger partial charge in [-0.3, -0.25) is 5.43 Å². The summed E-state index contributed by atoms with van der Waals surface area (Å²) in [5.74, 6) is 0.997. The molecule has 5 nitrogen and oxygen atoms in total. The van der Waals surface area contributed by atoms with E-state index in [9.17, 15) is 18.3 Å². The van der Waals surface area contributed by atoms with E-state index < -0.39 is 18.3 Å². The van der Waals surface area contributed by atoms with E-state index in [-0.39, 0.29) is 5.71 Å². The number of hydrazone groups is 1. The van der Waals surface area contributed by atoms with Gasteiger partial charge < -0.3 is 14.6 Å². The SMILES string of the molecule is OC1(C(F)(F)F)CC(c2ccc3c(c2)OCCO3)=NN1. The fraction of sp³-hybridized carbons (Fsp3) is 0.417. The summed E-state index contributed by atoms with van der Waals surface area (Å²) in [7, 11) is 0. The van der Waals surface area contributed by atoms with Crippen LogP contribution in [0.4, 0.5) is 13.2 Å². The molecule has 2 aliphatic heterocycles. The summed E-state index contributed by atoms with van der Waals surface area (Å²) in [5.41, 5.74) is -0.711. The number of benzene rings is 1. The van der Waals surface area contributed by atoms with E-state index >= 15 is 0 Å². The summed E-state index contributed by atoms with van der Waals surface area (Å²) in [6.07, 6.45) is -5.46. The van der Waals surface area contributed by atoms with Crippen LogP contribution in [0.2, 0.25) is 0 Å². The van der Waals surface area contributed by atoms with Crippen molar-refractivity contribution >= 4 is 5.71 Å². The number of fused-ring (bicyclic) bond motifs is 1. The van der Waals surface area contributed by atoms with Crippen molar-refractivity contribution < 1.29 is 27.8 Å². The van der Waals surface area contributed by atoms with Crippen LogP contribution in [0, 0.1) is 0 Å². The molecule has 1 aromatic rings. The summed E-state index contributed by atoms with van der Waals surface area (Å²) >= 11 is 0. The van der Waals surface area contributed by atoms with Crippen molar-refractivity contribution in [2.75, 3.05) is 13.2 Å². The second-order valence-electron chi connectivity index (χ2n) is 4.56. The highest BCUT2D eigenvalue weighted by atomic mass is 19.4. The van der Waals surface area contributed by atoms with Crippen LogP contribution in [0.15, 0.2) is 23.3 Å². The van der Waals surface area contributed by atoms with Crippen LogP contribution in [0.3, 0.4) is 0 Å². The molecule has 2 N–H and O–H groups in total. The second kappa shape index (κ2) is 4.27. The molecule has 1 aromatic carbocycles. The van der Waals surface area contributed by atoms with Crippen LogP contribution in [0.25, 0.3) is 0 Å². The molecule has 2 heterocycles. The summed E-state index contributed by atoms with van der Waals surface area (Å²) in [5, 5.41) is 13.1. The van der Waals surface area contributed by atoms with Gasteiger partial charge in [-0.1, -0.05) is 0 Å². The number of nitrogens with zero attached hydrogens (tertiary/aromatic N) is 1. The number of hydrogen-bond donors (Lipinski definition) is 2. The molecule has 8 heteroatoms. The number of aliphatic hydroxyl groups is 1. The minimum atomic E-state index is -4.80. The maximum Gasteiger partial charge on any atom is 0.438 e. The van der Waals surface area contributed by atoms with Crippen LogP contribution in [0.1, 0.15) is 12.0 Å². The maximum atomic E-state index is 12.7. The Labute approximate surface area is 112 Å². The van der Waals surface area contributed by atoms with Crippen molar-refractivity contribution in [1.82, 2.24) is 5.43 Å². The van der Waals surface area contributed by atoms with E-state index in [1.807, 2.05) is 0 Å². The third-order valence-corrected chi connectivity index (χ3v) is 3.14.